The Labute approximate surface area is 153 Å². The Morgan fingerprint density at radius 1 is 1.00 bits per heavy atom. The predicted octanol–water partition coefficient (Wildman–Crippen LogP) is 4.89. The highest BCUT2D eigenvalue weighted by atomic mass is 32.2. The van der Waals surface area contributed by atoms with E-state index in [9.17, 15) is 8.78 Å². The van der Waals surface area contributed by atoms with Crippen molar-refractivity contribution >= 4 is 11.8 Å². The van der Waals surface area contributed by atoms with E-state index in [1.54, 1.807) is 32.2 Å². The number of thioether (sulfide) groups is 1. The number of hydrogen-bond acceptors (Lipinski definition) is 6. The standard InChI is InChI=1S/C18H16F2N2O3S/c1-10(13-6-5-12(19)9-14(13)20)26-18-22-21-17(25-18)11-4-7-15(23-2)16(8-11)24-3/h4-10H,1-3H3. The SMILES string of the molecule is COc1ccc(-c2nnc(SC(C)c3ccc(F)cc3F)o2)cc1OC. The number of ether oxygens (including phenoxy) is 2. The minimum Gasteiger partial charge on any atom is -0.493 e. The molecule has 2 aromatic carbocycles. The monoisotopic (exact) mass is 378 g/mol. The molecule has 0 saturated heterocycles. The number of benzene rings is 2. The second kappa shape index (κ2) is 7.74. The Bertz CT molecular complexity index is 917. The van der Waals surface area contributed by atoms with E-state index in [1.165, 1.54) is 31.0 Å². The second-order valence-electron chi connectivity index (χ2n) is 5.37. The minimum absolute atomic E-state index is 0.283. The molecule has 136 valence electrons. The molecule has 3 rings (SSSR count). The highest BCUT2D eigenvalue weighted by Crippen LogP contribution is 2.37. The molecule has 0 N–H and O–H groups in total. The maximum atomic E-state index is 13.9. The number of methoxy groups -OCH3 is 2. The summed E-state index contributed by atoms with van der Waals surface area (Å²) < 4.78 is 43.0. The van der Waals surface area contributed by atoms with Gasteiger partial charge in [-0.25, -0.2) is 8.78 Å². The molecule has 1 aromatic heterocycles. The van der Waals surface area contributed by atoms with Gasteiger partial charge < -0.3 is 13.9 Å². The van der Waals surface area contributed by atoms with E-state index in [1.807, 2.05) is 0 Å². The lowest BCUT2D eigenvalue weighted by molar-refractivity contribution is 0.355. The lowest BCUT2D eigenvalue weighted by Crippen LogP contribution is -1.94. The average molecular weight is 378 g/mol. The van der Waals surface area contributed by atoms with Crippen molar-refractivity contribution in [1.82, 2.24) is 10.2 Å². The van der Waals surface area contributed by atoms with Crippen molar-refractivity contribution < 1.29 is 22.7 Å². The highest BCUT2D eigenvalue weighted by Gasteiger charge is 2.18. The molecular formula is C18H16F2N2O3S. The molecule has 1 atom stereocenters. The Hall–Kier alpha value is -2.61. The van der Waals surface area contributed by atoms with E-state index in [0.717, 1.165) is 6.07 Å². The van der Waals surface area contributed by atoms with E-state index in [0.29, 0.717) is 28.5 Å². The van der Waals surface area contributed by atoms with Crippen LogP contribution in [0.15, 0.2) is 46.0 Å². The fourth-order valence-electron chi connectivity index (χ4n) is 2.39. The zero-order valence-electron chi connectivity index (χ0n) is 14.3. The molecule has 5 nitrogen and oxygen atoms in total. The van der Waals surface area contributed by atoms with Crippen LogP contribution < -0.4 is 9.47 Å². The molecule has 0 aliphatic rings. The van der Waals surface area contributed by atoms with Gasteiger partial charge in [0.25, 0.3) is 5.22 Å². The Morgan fingerprint density at radius 3 is 2.46 bits per heavy atom. The molecule has 0 fully saturated rings. The normalized spacial score (nSPS) is 12.0. The van der Waals surface area contributed by atoms with Gasteiger partial charge in [-0.05, 0) is 31.2 Å². The molecule has 0 aliphatic carbocycles. The van der Waals surface area contributed by atoms with E-state index in [-0.39, 0.29) is 10.5 Å². The lowest BCUT2D eigenvalue weighted by atomic mass is 10.1. The third-order valence-corrected chi connectivity index (χ3v) is 4.69. The molecular weight excluding hydrogens is 362 g/mol. The Balaban J connectivity index is 1.79. The van der Waals surface area contributed by atoms with Crippen LogP contribution in [0.4, 0.5) is 8.78 Å². The average Bonchev–Trinajstić information content (AvgIpc) is 3.09. The molecule has 0 spiro atoms. The van der Waals surface area contributed by atoms with Crippen LogP contribution in [0.5, 0.6) is 11.5 Å². The first-order valence-electron chi connectivity index (χ1n) is 7.69. The van der Waals surface area contributed by atoms with Crippen LogP contribution in [-0.4, -0.2) is 24.4 Å². The molecule has 1 unspecified atom stereocenters. The van der Waals surface area contributed by atoms with Gasteiger partial charge in [0, 0.05) is 22.4 Å². The Kier molecular flexibility index (Phi) is 5.41. The summed E-state index contributed by atoms with van der Waals surface area (Å²) in [6.07, 6.45) is 0. The highest BCUT2D eigenvalue weighted by molar-refractivity contribution is 7.99. The van der Waals surface area contributed by atoms with Crippen molar-refractivity contribution in [3.63, 3.8) is 0 Å². The smallest absolute Gasteiger partial charge is 0.277 e. The van der Waals surface area contributed by atoms with Gasteiger partial charge in [-0.3, -0.25) is 0 Å². The summed E-state index contributed by atoms with van der Waals surface area (Å²) in [7, 11) is 3.09. The summed E-state index contributed by atoms with van der Waals surface area (Å²) in [5, 5.41) is 7.95. The molecule has 0 aliphatic heterocycles. The van der Waals surface area contributed by atoms with Crippen LogP contribution in [0.2, 0.25) is 0 Å². The van der Waals surface area contributed by atoms with Crippen molar-refractivity contribution in [3.8, 4) is 23.0 Å². The van der Waals surface area contributed by atoms with Gasteiger partial charge in [-0.15, -0.1) is 10.2 Å². The largest absolute Gasteiger partial charge is 0.493 e. The van der Waals surface area contributed by atoms with Gasteiger partial charge in [-0.1, -0.05) is 17.8 Å². The summed E-state index contributed by atoms with van der Waals surface area (Å²) in [5.74, 6) is 0.215. The molecule has 3 aromatic rings. The molecule has 0 bridgehead atoms. The molecule has 0 radical (unpaired) electrons. The summed E-state index contributed by atoms with van der Waals surface area (Å²) in [6.45, 7) is 1.78. The first-order valence-corrected chi connectivity index (χ1v) is 8.57. The van der Waals surface area contributed by atoms with Gasteiger partial charge in [0.2, 0.25) is 5.89 Å². The van der Waals surface area contributed by atoms with Gasteiger partial charge in [0.15, 0.2) is 11.5 Å². The maximum Gasteiger partial charge on any atom is 0.277 e. The number of hydrogen-bond donors (Lipinski definition) is 0. The molecule has 0 saturated carbocycles. The fraction of sp³-hybridized carbons (Fsp3) is 0.222. The number of nitrogens with zero attached hydrogens (tertiary/aromatic N) is 2. The van der Waals surface area contributed by atoms with Crippen molar-refractivity contribution in [2.24, 2.45) is 0 Å². The summed E-state index contributed by atoms with van der Waals surface area (Å²) >= 11 is 1.19. The van der Waals surface area contributed by atoms with E-state index in [2.05, 4.69) is 10.2 Å². The third kappa shape index (κ3) is 3.80. The maximum absolute atomic E-state index is 13.9. The van der Waals surface area contributed by atoms with Gasteiger partial charge in [-0.2, -0.15) is 0 Å². The van der Waals surface area contributed by atoms with Crippen molar-refractivity contribution in [2.45, 2.75) is 17.4 Å². The minimum atomic E-state index is -0.614. The van der Waals surface area contributed by atoms with Crippen LogP contribution in [0.1, 0.15) is 17.7 Å². The molecule has 1 heterocycles. The summed E-state index contributed by atoms with van der Waals surface area (Å²) in [6, 6.07) is 8.72. The molecule has 0 amide bonds. The quantitative estimate of drug-likeness (QED) is 0.570. The van der Waals surface area contributed by atoms with Crippen LogP contribution in [-0.2, 0) is 0 Å². The third-order valence-electron chi connectivity index (χ3n) is 3.72. The van der Waals surface area contributed by atoms with Crippen molar-refractivity contribution in [1.29, 1.82) is 0 Å². The molecule has 26 heavy (non-hydrogen) atoms. The zero-order chi connectivity index (χ0) is 18.7. The van der Waals surface area contributed by atoms with Crippen LogP contribution in [0.25, 0.3) is 11.5 Å². The van der Waals surface area contributed by atoms with E-state index >= 15 is 0 Å². The fourth-order valence-corrected chi connectivity index (χ4v) is 3.22. The van der Waals surface area contributed by atoms with Gasteiger partial charge >= 0.3 is 0 Å². The van der Waals surface area contributed by atoms with Crippen LogP contribution in [0, 0.1) is 11.6 Å². The lowest BCUT2D eigenvalue weighted by Gasteiger charge is -2.09. The van der Waals surface area contributed by atoms with Crippen LogP contribution >= 0.6 is 11.8 Å². The number of halogens is 2. The van der Waals surface area contributed by atoms with Crippen molar-refractivity contribution in [2.75, 3.05) is 14.2 Å². The Morgan fingerprint density at radius 2 is 1.77 bits per heavy atom. The van der Waals surface area contributed by atoms with E-state index < -0.39 is 11.6 Å². The zero-order valence-corrected chi connectivity index (χ0v) is 15.1. The topological polar surface area (TPSA) is 57.4 Å². The summed E-state index contributed by atoms with van der Waals surface area (Å²) in [4.78, 5) is 0. The second-order valence-corrected chi connectivity index (χ2v) is 6.66. The molecule has 8 heteroatoms. The van der Waals surface area contributed by atoms with Crippen LogP contribution in [0.3, 0.4) is 0 Å². The van der Waals surface area contributed by atoms with Gasteiger partial charge in [0.1, 0.15) is 11.6 Å². The first-order chi connectivity index (χ1) is 12.5. The first kappa shape index (κ1) is 18.2. The summed E-state index contributed by atoms with van der Waals surface area (Å²) in [5.41, 5.74) is 1.03. The number of aromatic nitrogens is 2. The number of rotatable bonds is 6. The van der Waals surface area contributed by atoms with Crippen molar-refractivity contribution in [3.05, 3.63) is 53.6 Å². The van der Waals surface area contributed by atoms with E-state index in [4.69, 9.17) is 13.9 Å². The van der Waals surface area contributed by atoms with Gasteiger partial charge in [0.05, 0.1) is 14.2 Å². The predicted molar refractivity (Wildman–Crippen MR) is 93.5 cm³/mol.